The second kappa shape index (κ2) is 13.1. The topological polar surface area (TPSA) is 92.8 Å². The van der Waals surface area contributed by atoms with Gasteiger partial charge in [-0.25, -0.2) is 14.4 Å². The molecule has 46 heavy (non-hydrogen) atoms. The number of hydrogen-bond acceptors (Lipinski definition) is 4. The van der Waals surface area contributed by atoms with E-state index >= 15 is 0 Å². The normalized spacial score (nSPS) is 10.8. The number of carbonyl (C=O) groups excluding carboxylic acids is 2. The number of halogens is 2. The third-order valence-corrected chi connectivity index (χ3v) is 7.36. The van der Waals surface area contributed by atoms with E-state index in [0.29, 0.717) is 5.02 Å². The van der Waals surface area contributed by atoms with Crippen LogP contribution in [0, 0.1) is 5.82 Å². The van der Waals surface area contributed by atoms with Crippen LogP contribution in [0.4, 0.5) is 15.8 Å². The number of rotatable bonds is 5. The highest BCUT2D eigenvalue weighted by molar-refractivity contribution is 6.30. The number of pyridine rings is 2. The molecule has 0 unspecified atom stereocenters. The molecule has 0 spiro atoms. The quantitative estimate of drug-likeness (QED) is 0.200. The van der Waals surface area contributed by atoms with Crippen molar-refractivity contribution < 1.29 is 14.0 Å². The molecule has 0 atom stereocenters. The van der Waals surface area contributed by atoms with E-state index in [1.807, 2.05) is 94.0 Å². The van der Waals surface area contributed by atoms with Gasteiger partial charge in [-0.05, 0) is 65.7 Å². The van der Waals surface area contributed by atoms with Gasteiger partial charge in [0, 0.05) is 59.8 Å². The van der Waals surface area contributed by atoms with Gasteiger partial charge in [-0.1, -0.05) is 48.0 Å². The van der Waals surface area contributed by atoms with E-state index in [0.717, 1.165) is 56.3 Å². The van der Waals surface area contributed by atoms with Crippen LogP contribution in [0.2, 0.25) is 5.02 Å². The zero-order chi connectivity index (χ0) is 32.2. The van der Waals surface area contributed by atoms with Gasteiger partial charge in [-0.15, -0.1) is 0 Å². The number of amides is 2. The standard InChI is InChI=1S/C21H16FN3O.C15H12ClN3O/c1-14(26)24-19-4-2-3-17(11-19)20-13-23-21-12-16(9-10-25(20)21)15-5-7-18(22)8-6-15;1-10(20)18-13-4-2-3-11(7-13)14-9-17-15-8-12(16)5-6-19(14)15/h2-13H,1H3,(H,24,26);2-9H,1H3,(H,18,20). The summed E-state index contributed by atoms with van der Waals surface area (Å²) in [5, 5.41) is 6.22. The number of anilines is 2. The lowest BCUT2D eigenvalue weighted by molar-refractivity contribution is -0.115. The average Bonchev–Trinajstić information content (AvgIpc) is 3.65. The smallest absolute Gasteiger partial charge is 0.221 e. The van der Waals surface area contributed by atoms with E-state index in [1.54, 1.807) is 24.5 Å². The maximum Gasteiger partial charge on any atom is 0.221 e. The van der Waals surface area contributed by atoms with Crippen LogP contribution >= 0.6 is 11.6 Å². The minimum Gasteiger partial charge on any atom is -0.326 e. The predicted octanol–water partition coefficient (Wildman–Crippen LogP) is 8.38. The third kappa shape index (κ3) is 6.80. The molecule has 4 heterocycles. The molecule has 8 nitrogen and oxygen atoms in total. The Morgan fingerprint density at radius 2 is 1.15 bits per heavy atom. The summed E-state index contributed by atoms with van der Waals surface area (Å²) in [5.74, 6) is -0.451. The molecule has 4 aromatic heterocycles. The van der Waals surface area contributed by atoms with E-state index < -0.39 is 0 Å². The summed E-state index contributed by atoms with van der Waals surface area (Å²) in [7, 11) is 0. The van der Waals surface area contributed by atoms with Crippen LogP contribution in [-0.2, 0) is 9.59 Å². The summed E-state index contributed by atoms with van der Waals surface area (Å²) in [5.41, 5.74) is 8.81. The van der Waals surface area contributed by atoms with Crippen LogP contribution in [0.25, 0.3) is 44.9 Å². The number of aromatic nitrogens is 4. The number of nitrogens with zero attached hydrogens (tertiary/aromatic N) is 4. The van der Waals surface area contributed by atoms with Crippen LogP contribution in [0.5, 0.6) is 0 Å². The first-order valence-corrected chi connectivity index (χ1v) is 14.7. The van der Waals surface area contributed by atoms with Crippen molar-refractivity contribution in [3.63, 3.8) is 0 Å². The Morgan fingerprint density at radius 3 is 1.70 bits per heavy atom. The van der Waals surface area contributed by atoms with E-state index in [4.69, 9.17) is 11.6 Å². The first-order valence-electron chi connectivity index (χ1n) is 14.4. The van der Waals surface area contributed by atoms with Crippen molar-refractivity contribution in [1.29, 1.82) is 0 Å². The maximum absolute atomic E-state index is 13.1. The molecule has 228 valence electrons. The minimum absolute atomic E-state index is 0.0907. The van der Waals surface area contributed by atoms with Crippen LogP contribution in [0.15, 0.2) is 122 Å². The van der Waals surface area contributed by atoms with Crippen molar-refractivity contribution in [3.8, 4) is 33.6 Å². The van der Waals surface area contributed by atoms with Crippen molar-refractivity contribution in [2.24, 2.45) is 0 Å². The summed E-state index contributed by atoms with van der Waals surface area (Å²) >= 11 is 5.96. The highest BCUT2D eigenvalue weighted by Crippen LogP contribution is 2.28. The Balaban J connectivity index is 0.000000167. The number of imidazole rings is 2. The fourth-order valence-electron chi connectivity index (χ4n) is 5.10. The van der Waals surface area contributed by atoms with Gasteiger partial charge in [-0.2, -0.15) is 0 Å². The molecule has 0 aliphatic rings. The Morgan fingerprint density at radius 1 is 0.630 bits per heavy atom. The zero-order valence-electron chi connectivity index (χ0n) is 24.9. The van der Waals surface area contributed by atoms with Gasteiger partial charge in [0.15, 0.2) is 0 Å². The van der Waals surface area contributed by atoms with Gasteiger partial charge in [0.1, 0.15) is 17.1 Å². The number of nitrogens with one attached hydrogen (secondary N) is 2. The van der Waals surface area contributed by atoms with E-state index in [9.17, 15) is 14.0 Å². The molecule has 7 rings (SSSR count). The molecule has 0 saturated carbocycles. The SMILES string of the molecule is CC(=O)Nc1cccc(-c2cnc3cc(-c4ccc(F)cc4)ccn23)c1.CC(=O)Nc1cccc(-c2cnc3cc(Cl)ccn23)c1. The minimum atomic E-state index is -0.253. The molecule has 0 saturated heterocycles. The van der Waals surface area contributed by atoms with Crippen molar-refractivity contribution in [2.75, 3.05) is 10.6 Å². The second-order valence-electron chi connectivity index (χ2n) is 10.5. The molecule has 2 N–H and O–H groups in total. The van der Waals surface area contributed by atoms with Gasteiger partial charge in [-0.3, -0.25) is 18.4 Å². The molecular weight excluding hydrogens is 603 g/mol. The molecule has 0 aliphatic carbocycles. The van der Waals surface area contributed by atoms with Crippen molar-refractivity contribution in [2.45, 2.75) is 13.8 Å². The molecule has 0 bridgehead atoms. The number of carbonyl (C=O) groups is 2. The predicted molar refractivity (Wildman–Crippen MR) is 180 cm³/mol. The fraction of sp³-hybridized carbons (Fsp3) is 0.0556. The van der Waals surface area contributed by atoms with Crippen molar-refractivity contribution >= 4 is 46.1 Å². The molecule has 0 fully saturated rings. The molecule has 2 amide bonds. The monoisotopic (exact) mass is 630 g/mol. The largest absolute Gasteiger partial charge is 0.326 e. The van der Waals surface area contributed by atoms with E-state index in [-0.39, 0.29) is 17.6 Å². The highest BCUT2D eigenvalue weighted by Gasteiger charge is 2.10. The first kappa shape index (κ1) is 30.2. The first-order chi connectivity index (χ1) is 22.2. The Labute approximate surface area is 269 Å². The molecule has 10 heteroatoms. The van der Waals surface area contributed by atoms with Crippen LogP contribution in [0.1, 0.15) is 13.8 Å². The fourth-order valence-corrected chi connectivity index (χ4v) is 5.26. The van der Waals surface area contributed by atoms with E-state index in [2.05, 4.69) is 20.6 Å². The molecule has 3 aromatic carbocycles. The molecule has 0 radical (unpaired) electrons. The highest BCUT2D eigenvalue weighted by atomic mass is 35.5. The van der Waals surface area contributed by atoms with Crippen LogP contribution in [-0.4, -0.2) is 30.6 Å². The lowest BCUT2D eigenvalue weighted by Gasteiger charge is -2.07. The maximum atomic E-state index is 13.1. The molecular formula is C36H28ClFN6O2. The average molecular weight is 631 g/mol. The van der Waals surface area contributed by atoms with Crippen molar-refractivity contribution in [1.82, 2.24) is 18.8 Å². The van der Waals surface area contributed by atoms with Gasteiger partial charge in [0.2, 0.25) is 11.8 Å². The van der Waals surface area contributed by atoms with E-state index in [1.165, 1.54) is 26.0 Å². The Kier molecular flexibility index (Phi) is 8.58. The number of fused-ring (bicyclic) bond motifs is 2. The summed E-state index contributed by atoms with van der Waals surface area (Å²) in [6, 6.07) is 29.2. The molecule has 0 aliphatic heterocycles. The van der Waals surface area contributed by atoms with Gasteiger partial charge < -0.3 is 10.6 Å². The lowest BCUT2D eigenvalue weighted by atomic mass is 10.1. The zero-order valence-corrected chi connectivity index (χ0v) is 25.7. The lowest BCUT2D eigenvalue weighted by Crippen LogP contribution is -2.05. The summed E-state index contributed by atoms with van der Waals surface area (Å²) in [6.07, 6.45) is 7.42. The number of benzene rings is 3. The van der Waals surface area contributed by atoms with Gasteiger partial charge in [0.25, 0.3) is 0 Å². The Bertz CT molecular complexity index is 2210. The Hall–Kier alpha value is -5.80. The van der Waals surface area contributed by atoms with Gasteiger partial charge in [0.05, 0.1) is 23.8 Å². The molecule has 7 aromatic rings. The number of hydrogen-bond donors (Lipinski definition) is 2. The van der Waals surface area contributed by atoms with Gasteiger partial charge >= 0.3 is 0 Å². The van der Waals surface area contributed by atoms with Crippen LogP contribution < -0.4 is 10.6 Å². The van der Waals surface area contributed by atoms with Crippen LogP contribution in [0.3, 0.4) is 0 Å². The summed E-state index contributed by atoms with van der Waals surface area (Å²) < 4.78 is 17.1. The second-order valence-corrected chi connectivity index (χ2v) is 11.0. The van der Waals surface area contributed by atoms with Crippen molar-refractivity contribution in [3.05, 3.63) is 133 Å². The summed E-state index contributed by atoms with van der Waals surface area (Å²) in [4.78, 5) is 31.2. The summed E-state index contributed by atoms with van der Waals surface area (Å²) in [6.45, 7) is 2.97. The third-order valence-electron chi connectivity index (χ3n) is 7.12.